The summed E-state index contributed by atoms with van der Waals surface area (Å²) >= 11 is 0. The molecule has 0 bridgehead atoms. The molecule has 0 heterocycles. The summed E-state index contributed by atoms with van der Waals surface area (Å²) in [5, 5.41) is 62.9. The Bertz CT molecular complexity index is 2700. The third-order valence-electron chi connectivity index (χ3n) is 11.4. The average molecular weight is 955 g/mol. The van der Waals surface area contributed by atoms with E-state index < -0.39 is 48.6 Å². The van der Waals surface area contributed by atoms with Crippen LogP contribution in [0.4, 0.5) is 8.78 Å². The van der Waals surface area contributed by atoms with Gasteiger partial charge in [0.05, 0.1) is 48.3 Å². The summed E-state index contributed by atoms with van der Waals surface area (Å²) in [5.74, 6) is -1.67. The number of benzene rings is 6. The van der Waals surface area contributed by atoms with E-state index in [0.717, 1.165) is 33.4 Å². The molecule has 362 valence electrons. The molecule has 70 heavy (non-hydrogen) atoms. The van der Waals surface area contributed by atoms with Crippen LogP contribution in [0.1, 0.15) is 68.5 Å². The lowest BCUT2D eigenvalue weighted by Gasteiger charge is -2.18. The number of nitrogens with one attached hydrogen (secondary N) is 2. The van der Waals surface area contributed by atoms with Crippen molar-refractivity contribution in [2.45, 2.75) is 78.4 Å². The monoisotopic (exact) mass is 954 g/mol. The molecule has 6 aromatic carbocycles. The van der Waals surface area contributed by atoms with Gasteiger partial charge in [-0.15, -0.1) is 0 Å². The van der Waals surface area contributed by atoms with Crippen LogP contribution in [0.25, 0.3) is 11.1 Å². The molecule has 0 saturated heterocycles. The number of halogens is 2. The molecule has 0 radical (unpaired) electrons. The van der Waals surface area contributed by atoms with Crippen LogP contribution in [-0.2, 0) is 49.1 Å². The van der Waals surface area contributed by atoms with E-state index in [0.29, 0.717) is 34.1 Å². The maximum Gasteiger partial charge on any atom is 0.306 e. The lowest BCUT2D eigenvalue weighted by molar-refractivity contribution is -0.140. The quantitative estimate of drug-likeness (QED) is 0.0319. The fourth-order valence-corrected chi connectivity index (χ4v) is 7.51. The molecular formula is C54H52F2N4O10. The topological polar surface area (TPSA) is 224 Å². The standard InChI is InChI=1S/C54H52F2N4O10/c1-33-39(29-67-45-13-11-37(25-59-27-43(61)19-53(63)64)51(21-45)69-31-41-17-35(23-57)9-15-49(41)55)5-3-7-47(33)48-8-4-6-40(34(48)2)30-68-46-14-12-38(26-60-28-44(62)20-54(65)66)52(22-46)70-32-42-18-36(24-58)10-16-50(42)56/h3-18,21-22,43-44,59-62H,19-20,25-32H2,1-2H3,(H,63,64)(H,65,66)/t43-,44-/m0/s1. The van der Waals surface area contributed by atoms with Gasteiger partial charge < -0.3 is 50.0 Å². The predicted molar refractivity (Wildman–Crippen MR) is 254 cm³/mol. The van der Waals surface area contributed by atoms with Crippen molar-refractivity contribution >= 4 is 11.9 Å². The van der Waals surface area contributed by atoms with E-state index in [9.17, 15) is 39.1 Å². The smallest absolute Gasteiger partial charge is 0.306 e. The number of hydrogen-bond donors (Lipinski definition) is 6. The number of carbonyl (C=O) groups is 2. The SMILES string of the molecule is Cc1c(COc2ccc(CNC[C@@H](O)CC(=O)O)c(OCc3cc(C#N)ccc3F)c2)cccc1-c1cccc(COc2ccc(CNC[C@@H](O)CC(=O)O)c(OCc3cc(C#N)ccc3F)c2)c1C. The third-order valence-corrected chi connectivity index (χ3v) is 11.4. The zero-order valence-electron chi connectivity index (χ0n) is 38.5. The van der Waals surface area contributed by atoms with E-state index in [1.807, 2.05) is 62.4 Å². The second-order valence-corrected chi connectivity index (χ2v) is 16.5. The molecular weight excluding hydrogens is 903 g/mol. The van der Waals surface area contributed by atoms with Crippen LogP contribution in [0.2, 0.25) is 0 Å². The third kappa shape index (κ3) is 14.6. The normalized spacial score (nSPS) is 11.8. The van der Waals surface area contributed by atoms with Crippen LogP contribution in [0.3, 0.4) is 0 Å². The molecule has 2 atom stereocenters. The minimum atomic E-state index is -1.13. The zero-order valence-corrected chi connectivity index (χ0v) is 38.5. The minimum Gasteiger partial charge on any atom is -0.489 e. The molecule has 0 aliphatic rings. The van der Waals surface area contributed by atoms with Gasteiger partial charge in [-0.1, -0.05) is 48.5 Å². The number of hydrogen-bond acceptors (Lipinski definition) is 12. The van der Waals surface area contributed by atoms with E-state index in [2.05, 4.69) is 10.6 Å². The fourth-order valence-electron chi connectivity index (χ4n) is 7.51. The van der Waals surface area contributed by atoms with Crippen LogP contribution in [0.5, 0.6) is 23.0 Å². The molecule has 16 heteroatoms. The number of aliphatic hydroxyl groups is 2. The number of carboxylic acids is 2. The van der Waals surface area contributed by atoms with E-state index in [-0.39, 0.29) is 74.9 Å². The van der Waals surface area contributed by atoms with Crippen molar-refractivity contribution in [1.29, 1.82) is 10.5 Å². The number of nitrogens with zero attached hydrogens (tertiary/aromatic N) is 2. The van der Waals surface area contributed by atoms with Gasteiger partial charge in [-0.05, 0) is 95.8 Å². The average Bonchev–Trinajstić information content (AvgIpc) is 3.33. The van der Waals surface area contributed by atoms with Crippen LogP contribution in [0, 0.1) is 48.1 Å². The van der Waals surface area contributed by atoms with Crippen molar-refractivity contribution in [3.63, 3.8) is 0 Å². The summed E-state index contributed by atoms with van der Waals surface area (Å²) in [4.78, 5) is 22.0. The van der Waals surface area contributed by atoms with Gasteiger partial charge in [-0.2, -0.15) is 10.5 Å². The molecule has 14 nitrogen and oxygen atoms in total. The number of carboxylic acid groups (broad SMARTS) is 2. The Kier molecular flexibility index (Phi) is 18.4. The van der Waals surface area contributed by atoms with Crippen molar-refractivity contribution in [3.05, 3.63) is 176 Å². The second-order valence-electron chi connectivity index (χ2n) is 16.5. The second kappa shape index (κ2) is 25.0. The Hall–Kier alpha value is -7.86. The van der Waals surface area contributed by atoms with Gasteiger partial charge in [0.1, 0.15) is 61.1 Å². The van der Waals surface area contributed by atoms with Gasteiger partial charge in [0.2, 0.25) is 0 Å². The number of rotatable bonds is 25. The van der Waals surface area contributed by atoms with Crippen LogP contribution in [-0.4, -0.2) is 57.7 Å². The van der Waals surface area contributed by atoms with E-state index in [1.165, 1.54) is 36.4 Å². The zero-order chi connectivity index (χ0) is 50.2. The number of nitriles is 2. The van der Waals surface area contributed by atoms with Crippen LogP contribution >= 0.6 is 0 Å². The summed E-state index contributed by atoms with van der Waals surface area (Å²) in [6, 6.07) is 34.3. The van der Waals surface area contributed by atoms with Crippen molar-refractivity contribution in [2.24, 2.45) is 0 Å². The van der Waals surface area contributed by atoms with Gasteiger partial charge in [0.15, 0.2) is 0 Å². The molecule has 0 aromatic heterocycles. The van der Waals surface area contributed by atoms with Crippen molar-refractivity contribution < 1.29 is 57.7 Å². The first-order valence-electron chi connectivity index (χ1n) is 22.2. The summed E-state index contributed by atoms with van der Waals surface area (Å²) in [6.07, 6.45) is -3.06. The van der Waals surface area contributed by atoms with Gasteiger partial charge in [-0.3, -0.25) is 9.59 Å². The number of aliphatic hydroxyl groups excluding tert-OH is 2. The summed E-state index contributed by atoms with van der Waals surface area (Å²) in [6.45, 7) is 4.45. The fraction of sp³-hybridized carbons (Fsp3) is 0.259. The van der Waals surface area contributed by atoms with Gasteiger partial charge >= 0.3 is 11.9 Å². The van der Waals surface area contributed by atoms with E-state index in [4.69, 9.17) is 29.2 Å². The molecule has 0 aliphatic heterocycles. The van der Waals surface area contributed by atoms with Crippen LogP contribution < -0.4 is 29.6 Å². The lowest BCUT2D eigenvalue weighted by atomic mass is 9.92. The Balaban J connectivity index is 1.16. The molecule has 0 spiro atoms. The van der Waals surface area contributed by atoms with Gasteiger partial charge in [0, 0.05) is 60.6 Å². The Morgan fingerprint density at radius 1 is 0.543 bits per heavy atom. The first kappa shape index (κ1) is 51.5. The van der Waals surface area contributed by atoms with Gasteiger partial charge in [-0.25, -0.2) is 8.78 Å². The van der Waals surface area contributed by atoms with E-state index in [1.54, 1.807) is 36.4 Å². The Labute approximate surface area is 403 Å². The molecule has 0 fully saturated rings. The summed E-state index contributed by atoms with van der Waals surface area (Å²) in [7, 11) is 0. The molecule has 0 saturated carbocycles. The molecule has 0 amide bonds. The van der Waals surface area contributed by atoms with Crippen molar-refractivity contribution in [2.75, 3.05) is 13.1 Å². The molecule has 6 rings (SSSR count). The highest BCUT2D eigenvalue weighted by atomic mass is 19.1. The predicted octanol–water partition coefficient (Wildman–Crippen LogP) is 8.16. The first-order chi connectivity index (χ1) is 33.7. The Morgan fingerprint density at radius 2 is 0.943 bits per heavy atom. The molecule has 6 aromatic rings. The van der Waals surface area contributed by atoms with Crippen molar-refractivity contribution in [1.82, 2.24) is 10.6 Å². The highest BCUT2D eigenvalue weighted by Gasteiger charge is 2.17. The highest BCUT2D eigenvalue weighted by molar-refractivity contribution is 5.72. The lowest BCUT2D eigenvalue weighted by Crippen LogP contribution is -2.28. The maximum atomic E-state index is 14.7. The van der Waals surface area contributed by atoms with E-state index >= 15 is 0 Å². The largest absolute Gasteiger partial charge is 0.489 e. The summed E-state index contributed by atoms with van der Waals surface area (Å²) < 4.78 is 54.1. The molecule has 0 aliphatic carbocycles. The first-order valence-corrected chi connectivity index (χ1v) is 22.2. The minimum absolute atomic E-state index is 0.0109. The number of ether oxygens (including phenoxy) is 4. The summed E-state index contributed by atoms with van der Waals surface area (Å²) in [5.41, 5.74) is 7.95. The van der Waals surface area contributed by atoms with Crippen molar-refractivity contribution in [3.8, 4) is 46.3 Å². The maximum absolute atomic E-state index is 14.7. The van der Waals surface area contributed by atoms with Crippen LogP contribution in [0.15, 0.2) is 109 Å². The number of aliphatic carboxylic acids is 2. The highest BCUT2D eigenvalue weighted by Crippen LogP contribution is 2.33. The molecule has 0 unspecified atom stereocenters. The Morgan fingerprint density at radius 3 is 1.33 bits per heavy atom. The molecule has 6 N–H and O–H groups in total. The van der Waals surface area contributed by atoms with Gasteiger partial charge in [0.25, 0.3) is 0 Å².